The first-order chi connectivity index (χ1) is 7.06. The normalized spacial score (nSPS) is 12.2. The Hall–Kier alpha value is -0.850. The number of nitrogens with zero attached hydrogens (tertiary/aromatic N) is 1. The van der Waals surface area contributed by atoms with E-state index in [1.807, 2.05) is 0 Å². The molecule has 0 aliphatic heterocycles. The third kappa shape index (κ3) is 3.65. The Balaban J connectivity index is 2.56. The molecule has 0 saturated carbocycles. The van der Waals surface area contributed by atoms with Gasteiger partial charge in [-0.15, -0.1) is 0 Å². The molecule has 6 heteroatoms. The number of nitrogens with one attached hydrogen (secondary N) is 1. The molecule has 0 radical (unpaired) electrons. The summed E-state index contributed by atoms with van der Waals surface area (Å²) >= 11 is 0. The molecule has 0 fully saturated rings. The molecule has 0 saturated heterocycles. The Bertz CT molecular complexity index is 372. The van der Waals surface area contributed by atoms with Crippen LogP contribution in [-0.2, 0) is 16.6 Å². The van der Waals surface area contributed by atoms with Crippen LogP contribution in [0.2, 0.25) is 0 Å². The predicted molar refractivity (Wildman–Crippen MR) is 57.9 cm³/mol. The van der Waals surface area contributed by atoms with Crippen molar-refractivity contribution < 1.29 is 12.8 Å². The van der Waals surface area contributed by atoms with Gasteiger partial charge in [-0.3, -0.25) is 0 Å². The van der Waals surface area contributed by atoms with Crippen molar-refractivity contribution in [3.63, 3.8) is 0 Å². The summed E-state index contributed by atoms with van der Waals surface area (Å²) in [5.74, 6) is 0.742. The quantitative estimate of drug-likeness (QED) is 0.764. The maximum atomic E-state index is 11.7. The minimum absolute atomic E-state index is 0.0979. The van der Waals surface area contributed by atoms with Crippen LogP contribution in [0.4, 0.5) is 0 Å². The molecule has 0 unspecified atom stereocenters. The van der Waals surface area contributed by atoms with Crippen molar-refractivity contribution in [1.29, 1.82) is 0 Å². The van der Waals surface area contributed by atoms with E-state index >= 15 is 0 Å². The summed E-state index contributed by atoms with van der Waals surface area (Å²) in [4.78, 5) is 0. The van der Waals surface area contributed by atoms with E-state index in [-0.39, 0.29) is 12.3 Å². The Morgan fingerprint density at radius 1 is 1.53 bits per heavy atom. The number of hydrogen-bond acceptors (Lipinski definition) is 4. The standard InChI is InChI=1S/C9H16N2O3S/c1-10-5-7-15(12,13)11(2)8-9-4-3-6-14-9/h3-4,6,10H,5,7-8H2,1-2H3. The second kappa shape index (κ2) is 5.29. The van der Waals surface area contributed by atoms with Crippen LogP contribution in [0.3, 0.4) is 0 Å². The molecule has 0 amide bonds. The number of furan rings is 1. The molecule has 86 valence electrons. The number of rotatable bonds is 6. The van der Waals surface area contributed by atoms with Gasteiger partial charge in [0.1, 0.15) is 5.76 Å². The molecular weight excluding hydrogens is 216 g/mol. The van der Waals surface area contributed by atoms with Gasteiger partial charge in [0.15, 0.2) is 0 Å². The molecule has 1 N–H and O–H groups in total. The first kappa shape index (κ1) is 12.2. The highest BCUT2D eigenvalue weighted by atomic mass is 32.2. The fourth-order valence-electron chi connectivity index (χ4n) is 1.11. The third-order valence-corrected chi connectivity index (χ3v) is 3.84. The molecule has 1 heterocycles. The van der Waals surface area contributed by atoms with E-state index in [0.29, 0.717) is 12.3 Å². The summed E-state index contributed by atoms with van der Waals surface area (Å²) in [6, 6.07) is 3.49. The average Bonchev–Trinajstić information content (AvgIpc) is 2.67. The molecule has 1 rings (SSSR count). The Kier molecular flexibility index (Phi) is 4.31. The summed E-state index contributed by atoms with van der Waals surface area (Å²) in [5.41, 5.74) is 0. The highest BCUT2D eigenvalue weighted by Gasteiger charge is 2.17. The van der Waals surface area contributed by atoms with Crippen LogP contribution < -0.4 is 5.32 Å². The van der Waals surface area contributed by atoms with E-state index in [0.717, 1.165) is 0 Å². The van der Waals surface area contributed by atoms with E-state index in [2.05, 4.69) is 5.32 Å². The van der Waals surface area contributed by atoms with Crippen LogP contribution >= 0.6 is 0 Å². The van der Waals surface area contributed by atoms with Crippen molar-refractivity contribution in [2.45, 2.75) is 6.54 Å². The molecular formula is C9H16N2O3S. The monoisotopic (exact) mass is 232 g/mol. The maximum Gasteiger partial charge on any atom is 0.215 e. The predicted octanol–water partition coefficient (Wildman–Crippen LogP) is 0.261. The van der Waals surface area contributed by atoms with E-state index < -0.39 is 10.0 Å². The second-order valence-corrected chi connectivity index (χ2v) is 5.45. The largest absolute Gasteiger partial charge is 0.468 e. The zero-order chi connectivity index (χ0) is 11.3. The summed E-state index contributed by atoms with van der Waals surface area (Å²) in [6.45, 7) is 0.726. The topological polar surface area (TPSA) is 62.6 Å². The fourth-order valence-corrected chi connectivity index (χ4v) is 2.20. The molecule has 5 nitrogen and oxygen atoms in total. The maximum absolute atomic E-state index is 11.7. The lowest BCUT2D eigenvalue weighted by Gasteiger charge is -2.15. The van der Waals surface area contributed by atoms with Gasteiger partial charge in [-0.1, -0.05) is 0 Å². The van der Waals surface area contributed by atoms with Crippen LogP contribution in [0.5, 0.6) is 0 Å². The van der Waals surface area contributed by atoms with E-state index in [1.54, 1.807) is 26.2 Å². The summed E-state index contributed by atoms with van der Waals surface area (Å²) < 4.78 is 29.7. The minimum atomic E-state index is -3.19. The molecule has 0 aliphatic carbocycles. The van der Waals surface area contributed by atoms with Crippen molar-refractivity contribution in [2.75, 3.05) is 26.4 Å². The van der Waals surface area contributed by atoms with Gasteiger partial charge in [-0.2, -0.15) is 4.31 Å². The van der Waals surface area contributed by atoms with Gasteiger partial charge in [0.2, 0.25) is 10.0 Å². The summed E-state index contributed by atoms with van der Waals surface area (Å²) in [5, 5.41) is 2.81. The smallest absolute Gasteiger partial charge is 0.215 e. The zero-order valence-corrected chi connectivity index (χ0v) is 9.75. The van der Waals surface area contributed by atoms with Crippen molar-refractivity contribution in [3.05, 3.63) is 24.2 Å². The van der Waals surface area contributed by atoms with Crippen molar-refractivity contribution in [1.82, 2.24) is 9.62 Å². The average molecular weight is 232 g/mol. The van der Waals surface area contributed by atoms with Crippen molar-refractivity contribution in [2.24, 2.45) is 0 Å². The molecule has 0 spiro atoms. The van der Waals surface area contributed by atoms with Gasteiger partial charge < -0.3 is 9.73 Å². The zero-order valence-electron chi connectivity index (χ0n) is 8.93. The van der Waals surface area contributed by atoms with E-state index in [9.17, 15) is 8.42 Å². The van der Waals surface area contributed by atoms with E-state index in [4.69, 9.17) is 4.42 Å². The molecule has 0 aliphatic rings. The van der Waals surface area contributed by atoms with Crippen molar-refractivity contribution >= 4 is 10.0 Å². The lowest BCUT2D eigenvalue weighted by Crippen LogP contribution is -2.32. The first-order valence-electron chi connectivity index (χ1n) is 4.67. The van der Waals surface area contributed by atoms with Crippen LogP contribution in [-0.4, -0.2) is 39.1 Å². The highest BCUT2D eigenvalue weighted by molar-refractivity contribution is 7.89. The summed E-state index contributed by atoms with van der Waals surface area (Å²) in [7, 11) is 0.0857. The van der Waals surface area contributed by atoms with Crippen LogP contribution in [0.1, 0.15) is 5.76 Å². The SMILES string of the molecule is CNCCS(=O)(=O)N(C)Cc1ccco1. The Labute approximate surface area is 90.1 Å². The summed E-state index contributed by atoms with van der Waals surface area (Å²) in [6.07, 6.45) is 1.53. The third-order valence-electron chi connectivity index (χ3n) is 2.04. The fraction of sp³-hybridized carbons (Fsp3) is 0.556. The van der Waals surface area contributed by atoms with E-state index in [1.165, 1.54) is 10.6 Å². The highest BCUT2D eigenvalue weighted by Crippen LogP contribution is 2.07. The molecule has 15 heavy (non-hydrogen) atoms. The number of hydrogen-bond donors (Lipinski definition) is 1. The lowest BCUT2D eigenvalue weighted by molar-refractivity contribution is 0.406. The van der Waals surface area contributed by atoms with Crippen LogP contribution in [0.15, 0.2) is 22.8 Å². The van der Waals surface area contributed by atoms with Gasteiger partial charge in [-0.25, -0.2) is 8.42 Å². The molecule has 0 bridgehead atoms. The van der Waals surface area contributed by atoms with Crippen LogP contribution in [0.25, 0.3) is 0 Å². The van der Waals surface area contributed by atoms with Gasteiger partial charge in [0.05, 0.1) is 18.6 Å². The Morgan fingerprint density at radius 2 is 2.27 bits per heavy atom. The van der Waals surface area contributed by atoms with Crippen molar-refractivity contribution in [3.8, 4) is 0 Å². The lowest BCUT2D eigenvalue weighted by atomic mass is 10.4. The molecule has 1 aromatic rings. The van der Waals surface area contributed by atoms with Gasteiger partial charge in [0, 0.05) is 13.6 Å². The number of sulfonamides is 1. The van der Waals surface area contributed by atoms with Crippen LogP contribution in [0, 0.1) is 0 Å². The minimum Gasteiger partial charge on any atom is -0.468 e. The second-order valence-electron chi connectivity index (χ2n) is 3.25. The molecule has 1 aromatic heterocycles. The van der Waals surface area contributed by atoms with Gasteiger partial charge >= 0.3 is 0 Å². The Morgan fingerprint density at radius 3 is 2.80 bits per heavy atom. The molecule has 0 atom stereocenters. The first-order valence-corrected chi connectivity index (χ1v) is 6.28. The molecule has 0 aromatic carbocycles. The van der Waals surface area contributed by atoms with Gasteiger partial charge in [-0.05, 0) is 19.2 Å². The van der Waals surface area contributed by atoms with Gasteiger partial charge in [0.25, 0.3) is 0 Å².